The molecule has 0 aromatic heterocycles. The Morgan fingerprint density at radius 2 is 1.73 bits per heavy atom. The monoisotopic (exact) mass is 376 g/mol. The summed E-state index contributed by atoms with van der Waals surface area (Å²) in [5.41, 5.74) is 1.61. The first-order chi connectivity index (χ1) is 12.4. The first-order valence-corrected chi connectivity index (χ1v) is 8.00. The van der Waals surface area contributed by atoms with Crippen molar-refractivity contribution in [2.75, 3.05) is 13.1 Å². The van der Waals surface area contributed by atoms with Crippen molar-refractivity contribution >= 4 is 29.8 Å². The summed E-state index contributed by atoms with van der Waals surface area (Å²) in [5.74, 6) is -1.72. The lowest BCUT2D eigenvalue weighted by Crippen LogP contribution is -2.30. The number of benzene rings is 2. The molecule has 0 aliphatic heterocycles. The molecule has 0 aliphatic carbocycles. The smallest absolute Gasteiger partial charge is 0.324 e. The van der Waals surface area contributed by atoms with Crippen molar-refractivity contribution in [1.29, 1.82) is 0 Å². The van der Waals surface area contributed by atoms with Crippen LogP contribution in [0.15, 0.2) is 53.6 Å². The summed E-state index contributed by atoms with van der Waals surface area (Å²) in [4.78, 5) is 21.5. The molecule has 26 heavy (non-hydrogen) atoms. The highest BCUT2D eigenvalue weighted by atomic mass is 35.5. The van der Waals surface area contributed by atoms with Crippen LogP contribution in [0.2, 0.25) is 5.02 Å². The second-order valence-corrected chi connectivity index (χ2v) is 5.78. The maximum Gasteiger partial charge on any atom is 0.324 e. The average Bonchev–Trinajstić information content (AvgIpc) is 2.59. The van der Waals surface area contributed by atoms with Gasteiger partial charge in [0.15, 0.2) is 0 Å². The van der Waals surface area contributed by atoms with Gasteiger partial charge in [-0.2, -0.15) is 5.10 Å². The normalized spacial score (nSPS) is 10.7. The van der Waals surface area contributed by atoms with Gasteiger partial charge in [0.05, 0.1) is 6.21 Å². The van der Waals surface area contributed by atoms with E-state index in [1.54, 1.807) is 36.4 Å². The second kappa shape index (κ2) is 9.43. The van der Waals surface area contributed by atoms with Crippen molar-refractivity contribution in [3.8, 4) is 5.75 Å². The van der Waals surface area contributed by atoms with Crippen LogP contribution in [0.5, 0.6) is 5.75 Å². The summed E-state index contributed by atoms with van der Waals surface area (Å²) in [6, 6.07) is 14.3. The van der Waals surface area contributed by atoms with Crippen molar-refractivity contribution in [1.82, 2.24) is 5.01 Å². The zero-order valence-corrected chi connectivity index (χ0v) is 14.5. The summed E-state index contributed by atoms with van der Waals surface area (Å²) < 4.78 is 5.70. The number of ether oxygens (including phenoxy) is 1. The van der Waals surface area contributed by atoms with E-state index >= 15 is 0 Å². The number of hydrogen-bond donors (Lipinski definition) is 2. The van der Waals surface area contributed by atoms with Crippen molar-refractivity contribution in [3.05, 3.63) is 64.7 Å². The number of aliphatic carboxylic acids is 2. The molecule has 8 heteroatoms. The van der Waals surface area contributed by atoms with Gasteiger partial charge in [-0.1, -0.05) is 35.9 Å². The molecular formula is C18H17ClN2O5. The predicted molar refractivity (Wildman–Crippen MR) is 96.7 cm³/mol. The maximum absolute atomic E-state index is 10.8. The molecule has 0 bridgehead atoms. The first kappa shape index (κ1) is 19.3. The molecule has 0 heterocycles. The summed E-state index contributed by atoms with van der Waals surface area (Å²) in [7, 11) is 0. The molecular weight excluding hydrogens is 360 g/mol. The average molecular weight is 377 g/mol. The minimum atomic E-state index is -1.16. The van der Waals surface area contributed by atoms with Crippen LogP contribution in [0.3, 0.4) is 0 Å². The Morgan fingerprint density at radius 3 is 2.35 bits per heavy atom. The number of carboxylic acids is 2. The van der Waals surface area contributed by atoms with Crippen molar-refractivity contribution in [2.45, 2.75) is 6.61 Å². The molecule has 0 saturated heterocycles. The highest BCUT2D eigenvalue weighted by molar-refractivity contribution is 6.30. The van der Waals surface area contributed by atoms with Crippen molar-refractivity contribution in [3.63, 3.8) is 0 Å². The van der Waals surface area contributed by atoms with Gasteiger partial charge in [0.1, 0.15) is 25.4 Å². The van der Waals surface area contributed by atoms with Gasteiger partial charge < -0.3 is 14.9 Å². The fraction of sp³-hybridized carbons (Fsp3) is 0.167. The van der Waals surface area contributed by atoms with Gasteiger partial charge in [0.25, 0.3) is 0 Å². The Balaban J connectivity index is 2.01. The standard InChI is InChI=1S/C18H17ClN2O5/c19-15-6-4-13(5-7-15)12-26-16-3-1-2-14(8-16)9-20-21(10-17(22)23)11-18(24)25/h1-9H,10-12H2,(H,22,23)(H,24,25)/b20-9-. The number of rotatable bonds is 9. The molecule has 2 rings (SSSR count). The SMILES string of the molecule is O=C(O)CN(CC(=O)O)/N=C\c1cccc(OCc2ccc(Cl)cc2)c1. The zero-order chi connectivity index (χ0) is 18.9. The summed E-state index contributed by atoms with van der Waals surface area (Å²) >= 11 is 5.84. The quantitative estimate of drug-likeness (QED) is 0.515. The second-order valence-electron chi connectivity index (χ2n) is 5.34. The van der Waals surface area contributed by atoms with E-state index in [2.05, 4.69) is 5.10 Å². The third-order valence-corrected chi connectivity index (χ3v) is 3.43. The molecule has 0 atom stereocenters. The Kier molecular flexibility index (Phi) is 6.99. The maximum atomic E-state index is 10.8. The van der Waals surface area contributed by atoms with Crippen molar-refractivity contribution < 1.29 is 24.5 Å². The minimum absolute atomic E-state index is 0.363. The van der Waals surface area contributed by atoms with E-state index in [0.717, 1.165) is 10.6 Å². The van der Waals surface area contributed by atoms with E-state index in [4.69, 9.17) is 26.6 Å². The number of carbonyl (C=O) groups is 2. The molecule has 0 aliphatic rings. The van der Waals surface area contributed by atoms with Crippen LogP contribution in [0.25, 0.3) is 0 Å². The highest BCUT2D eigenvalue weighted by Crippen LogP contribution is 2.16. The molecule has 0 saturated carbocycles. The fourth-order valence-corrected chi connectivity index (χ4v) is 2.16. The molecule has 2 aromatic rings. The lowest BCUT2D eigenvalue weighted by molar-refractivity contribution is -0.141. The molecule has 0 fully saturated rings. The number of nitrogens with zero attached hydrogens (tertiary/aromatic N) is 2. The molecule has 0 amide bonds. The summed E-state index contributed by atoms with van der Waals surface area (Å²) in [6.07, 6.45) is 1.39. The van der Waals surface area contributed by atoms with E-state index in [1.807, 2.05) is 12.1 Å². The van der Waals surface area contributed by atoms with Crippen LogP contribution in [-0.2, 0) is 16.2 Å². The largest absolute Gasteiger partial charge is 0.489 e. The highest BCUT2D eigenvalue weighted by Gasteiger charge is 2.10. The molecule has 2 N–H and O–H groups in total. The van der Waals surface area contributed by atoms with E-state index in [-0.39, 0.29) is 0 Å². The summed E-state index contributed by atoms with van der Waals surface area (Å²) in [6.45, 7) is -0.646. The van der Waals surface area contributed by atoms with Gasteiger partial charge >= 0.3 is 11.9 Å². The van der Waals surface area contributed by atoms with Crippen LogP contribution in [0.4, 0.5) is 0 Å². The lowest BCUT2D eigenvalue weighted by Gasteiger charge is -2.13. The van der Waals surface area contributed by atoms with Crippen LogP contribution < -0.4 is 4.74 Å². The van der Waals surface area contributed by atoms with E-state index in [1.165, 1.54) is 6.21 Å². The zero-order valence-electron chi connectivity index (χ0n) is 13.7. The molecule has 136 valence electrons. The lowest BCUT2D eigenvalue weighted by atomic mass is 10.2. The minimum Gasteiger partial charge on any atom is -0.489 e. The third-order valence-electron chi connectivity index (χ3n) is 3.18. The number of hydrazone groups is 1. The summed E-state index contributed by atoms with van der Waals surface area (Å²) in [5, 5.41) is 23.1. The van der Waals surface area contributed by atoms with E-state index in [0.29, 0.717) is 22.9 Å². The fourth-order valence-electron chi connectivity index (χ4n) is 2.03. The number of carboxylic acid groups (broad SMARTS) is 2. The Hall–Kier alpha value is -3.06. The van der Waals surface area contributed by atoms with Crippen LogP contribution in [-0.4, -0.2) is 46.5 Å². The molecule has 0 unspecified atom stereocenters. The Labute approximate surface area is 155 Å². The Bertz CT molecular complexity index is 776. The van der Waals surface area contributed by atoms with Gasteiger partial charge in [0, 0.05) is 5.02 Å². The van der Waals surface area contributed by atoms with Gasteiger partial charge in [-0.25, -0.2) is 0 Å². The van der Waals surface area contributed by atoms with Gasteiger partial charge in [-0.3, -0.25) is 14.6 Å². The van der Waals surface area contributed by atoms with Gasteiger partial charge in [-0.05, 0) is 35.4 Å². The van der Waals surface area contributed by atoms with E-state index in [9.17, 15) is 9.59 Å². The topological polar surface area (TPSA) is 99.4 Å². The first-order valence-electron chi connectivity index (χ1n) is 7.62. The molecule has 0 radical (unpaired) electrons. The van der Waals surface area contributed by atoms with Crippen LogP contribution in [0.1, 0.15) is 11.1 Å². The van der Waals surface area contributed by atoms with Gasteiger partial charge in [-0.15, -0.1) is 0 Å². The number of halogens is 1. The molecule has 2 aromatic carbocycles. The molecule has 7 nitrogen and oxygen atoms in total. The van der Waals surface area contributed by atoms with Crippen molar-refractivity contribution in [2.24, 2.45) is 5.10 Å². The third kappa shape index (κ3) is 6.82. The van der Waals surface area contributed by atoms with Gasteiger partial charge in [0.2, 0.25) is 0 Å². The predicted octanol–water partition coefficient (Wildman–Crippen LogP) is 2.72. The Morgan fingerprint density at radius 1 is 1.08 bits per heavy atom. The van der Waals surface area contributed by atoms with Crippen LogP contribution in [0, 0.1) is 0 Å². The number of hydrogen-bond acceptors (Lipinski definition) is 5. The van der Waals surface area contributed by atoms with Crippen LogP contribution >= 0.6 is 11.6 Å². The molecule has 0 spiro atoms. The van der Waals surface area contributed by atoms with E-state index < -0.39 is 25.0 Å².